The number of nitrogens with zero attached hydrogens (tertiary/aromatic N) is 1. The Morgan fingerprint density at radius 3 is 2.36 bits per heavy atom. The second kappa shape index (κ2) is 3.25. The first-order valence-electron chi connectivity index (χ1n) is 3.53. The molecule has 0 bridgehead atoms. The van der Waals surface area contributed by atoms with E-state index in [1.165, 1.54) is 0 Å². The van der Waals surface area contributed by atoms with Gasteiger partial charge in [-0.25, -0.2) is 0 Å². The maximum atomic E-state index is 10.5. The molecule has 74 valence electrons. The van der Waals surface area contributed by atoms with E-state index in [9.17, 15) is 10.1 Å². The van der Waals surface area contributed by atoms with Gasteiger partial charge in [0.1, 0.15) is 0 Å². The maximum absolute atomic E-state index is 10.5. The van der Waals surface area contributed by atoms with Gasteiger partial charge in [0, 0.05) is 0 Å². The van der Waals surface area contributed by atoms with Crippen LogP contribution in [0.2, 0.25) is 0 Å². The lowest BCUT2D eigenvalue weighted by Gasteiger charge is -2.04. The first-order chi connectivity index (χ1) is 6.49. The average Bonchev–Trinajstić information content (AvgIpc) is 2.12. The minimum absolute atomic E-state index is 0.0669. The highest BCUT2D eigenvalue weighted by molar-refractivity contribution is 5.72. The summed E-state index contributed by atoms with van der Waals surface area (Å²) in [5, 5.41) is 37.7. The predicted octanol–water partition coefficient (Wildman–Crippen LogP) is 1.35. The van der Waals surface area contributed by atoms with Crippen molar-refractivity contribution in [3.8, 4) is 17.2 Å². The van der Waals surface area contributed by atoms with Crippen LogP contribution in [0.4, 0.5) is 5.69 Å². The molecule has 0 spiro atoms. The molecule has 14 heavy (non-hydrogen) atoms. The third-order valence-electron chi connectivity index (χ3n) is 1.66. The number of rotatable bonds is 2. The summed E-state index contributed by atoms with van der Waals surface area (Å²) in [5.74, 6) is -2.52. The summed E-state index contributed by atoms with van der Waals surface area (Å²) >= 11 is 0. The largest absolute Gasteiger partial charge is 0.504 e. The molecule has 6 nitrogen and oxygen atoms in total. The minimum Gasteiger partial charge on any atom is -0.504 e. The Bertz CT molecular complexity index is 413. The number of nitro groups is 1. The van der Waals surface area contributed by atoms with Crippen LogP contribution in [0, 0.1) is 10.1 Å². The van der Waals surface area contributed by atoms with Gasteiger partial charge in [-0.2, -0.15) is 0 Å². The highest BCUT2D eigenvalue weighted by Crippen LogP contribution is 2.44. The van der Waals surface area contributed by atoms with Crippen molar-refractivity contribution < 1.29 is 20.2 Å². The number of nitro benzene ring substituents is 1. The Morgan fingerprint density at radius 1 is 1.36 bits per heavy atom. The zero-order valence-corrected chi connectivity index (χ0v) is 6.97. The second-order valence-corrected chi connectivity index (χ2v) is 2.49. The van der Waals surface area contributed by atoms with Crippen LogP contribution in [0.1, 0.15) is 5.56 Å². The highest BCUT2D eigenvalue weighted by Gasteiger charge is 2.24. The molecule has 0 aliphatic heterocycles. The lowest BCUT2D eigenvalue weighted by Crippen LogP contribution is -1.92. The van der Waals surface area contributed by atoms with Gasteiger partial charge in [-0.1, -0.05) is 12.7 Å². The smallest absolute Gasteiger partial charge is 0.322 e. The molecule has 0 saturated heterocycles. The Balaban J connectivity index is 3.61. The number of hydrogen-bond donors (Lipinski definition) is 3. The minimum atomic E-state index is -0.968. The monoisotopic (exact) mass is 197 g/mol. The third kappa shape index (κ3) is 1.33. The van der Waals surface area contributed by atoms with Crippen LogP contribution < -0.4 is 0 Å². The Kier molecular flexibility index (Phi) is 2.29. The van der Waals surface area contributed by atoms with E-state index in [1.807, 2.05) is 0 Å². The zero-order valence-electron chi connectivity index (χ0n) is 6.97. The molecule has 0 aliphatic rings. The van der Waals surface area contributed by atoms with E-state index in [1.54, 1.807) is 0 Å². The Labute approximate surface area is 78.5 Å². The molecule has 0 unspecified atom stereocenters. The summed E-state index contributed by atoms with van der Waals surface area (Å²) < 4.78 is 0. The Hall–Kier alpha value is -2.24. The summed E-state index contributed by atoms with van der Waals surface area (Å²) in [6.45, 7) is 3.28. The van der Waals surface area contributed by atoms with E-state index >= 15 is 0 Å². The van der Waals surface area contributed by atoms with Gasteiger partial charge in [-0.05, 0) is 6.07 Å². The maximum Gasteiger partial charge on any atom is 0.322 e. The van der Waals surface area contributed by atoms with Gasteiger partial charge in [0.05, 0.1) is 10.5 Å². The normalized spacial score (nSPS) is 9.71. The fraction of sp³-hybridized carbons (Fsp3) is 0. The van der Waals surface area contributed by atoms with Crippen LogP contribution in [0.25, 0.3) is 6.08 Å². The molecular formula is C8H7NO5. The second-order valence-electron chi connectivity index (χ2n) is 2.49. The number of phenols is 3. The molecule has 1 aromatic rings. The fourth-order valence-corrected chi connectivity index (χ4v) is 1.00. The van der Waals surface area contributed by atoms with Gasteiger partial charge in [0.15, 0.2) is 5.75 Å². The quantitative estimate of drug-likeness (QED) is 0.377. The van der Waals surface area contributed by atoms with Gasteiger partial charge in [0.2, 0.25) is 11.5 Å². The molecule has 0 heterocycles. The molecule has 1 aromatic carbocycles. The topological polar surface area (TPSA) is 104 Å². The molecular weight excluding hydrogens is 190 g/mol. The molecule has 3 N–H and O–H groups in total. The van der Waals surface area contributed by atoms with Crippen molar-refractivity contribution in [3.05, 3.63) is 28.3 Å². The van der Waals surface area contributed by atoms with Gasteiger partial charge in [-0.3, -0.25) is 10.1 Å². The van der Waals surface area contributed by atoms with Crippen molar-refractivity contribution in [1.29, 1.82) is 0 Å². The van der Waals surface area contributed by atoms with Crippen molar-refractivity contribution in [1.82, 2.24) is 0 Å². The van der Waals surface area contributed by atoms with Crippen molar-refractivity contribution >= 4 is 11.8 Å². The summed E-state index contributed by atoms with van der Waals surface area (Å²) in [6.07, 6.45) is 1.09. The Morgan fingerprint density at radius 2 is 1.93 bits per heavy atom. The van der Waals surface area contributed by atoms with E-state index < -0.39 is 27.9 Å². The number of hydrogen-bond acceptors (Lipinski definition) is 5. The number of phenolic OH excluding ortho intramolecular Hbond substituents is 3. The first-order valence-corrected chi connectivity index (χ1v) is 3.53. The van der Waals surface area contributed by atoms with E-state index in [4.69, 9.17) is 15.3 Å². The van der Waals surface area contributed by atoms with Crippen molar-refractivity contribution in [2.75, 3.05) is 0 Å². The molecule has 1 rings (SSSR count). The lowest BCUT2D eigenvalue weighted by atomic mass is 10.1. The molecule has 0 amide bonds. The fourth-order valence-electron chi connectivity index (χ4n) is 1.00. The van der Waals surface area contributed by atoms with E-state index in [-0.39, 0.29) is 5.56 Å². The van der Waals surface area contributed by atoms with Gasteiger partial charge in [0.25, 0.3) is 0 Å². The molecule has 6 heteroatoms. The average molecular weight is 197 g/mol. The van der Waals surface area contributed by atoms with E-state index in [0.717, 1.165) is 12.1 Å². The van der Waals surface area contributed by atoms with Crippen molar-refractivity contribution in [3.63, 3.8) is 0 Å². The predicted molar refractivity (Wildman–Crippen MR) is 48.2 cm³/mol. The van der Waals surface area contributed by atoms with Crippen LogP contribution in [-0.4, -0.2) is 20.2 Å². The highest BCUT2D eigenvalue weighted by atomic mass is 16.6. The zero-order chi connectivity index (χ0) is 10.9. The third-order valence-corrected chi connectivity index (χ3v) is 1.66. The lowest BCUT2D eigenvalue weighted by molar-refractivity contribution is -0.386. The van der Waals surface area contributed by atoms with Crippen LogP contribution in [-0.2, 0) is 0 Å². The van der Waals surface area contributed by atoms with E-state index in [2.05, 4.69) is 6.58 Å². The standard InChI is InChI=1S/C8H7NO5/c1-2-4-3-5(10)7(11)8(12)6(4)9(13)14/h2-3,10-12H,1H2. The molecule has 0 radical (unpaired) electrons. The van der Waals surface area contributed by atoms with Crippen LogP contribution in [0.15, 0.2) is 12.6 Å². The SMILES string of the molecule is C=Cc1cc(O)c(O)c(O)c1[N+](=O)[O-]. The van der Waals surface area contributed by atoms with Crippen LogP contribution in [0.5, 0.6) is 17.2 Å². The summed E-state index contributed by atoms with van der Waals surface area (Å²) in [5.41, 5.74) is -0.752. The molecule has 0 atom stereocenters. The van der Waals surface area contributed by atoms with Crippen molar-refractivity contribution in [2.45, 2.75) is 0 Å². The van der Waals surface area contributed by atoms with Crippen molar-refractivity contribution in [2.24, 2.45) is 0 Å². The molecule has 0 saturated carbocycles. The summed E-state index contributed by atoms with van der Waals surface area (Å²) in [6, 6.07) is 0.945. The summed E-state index contributed by atoms with van der Waals surface area (Å²) in [7, 11) is 0. The van der Waals surface area contributed by atoms with Crippen LogP contribution in [0.3, 0.4) is 0 Å². The van der Waals surface area contributed by atoms with Crippen LogP contribution >= 0.6 is 0 Å². The summed E-state index contributed by atoms with van der Waals surface area (Å²) in [4.78, 5) is 9.60. The van der Waals surface area contributed by atoms with E-state index in [0.29, 0.717) is 0 Å². The van der Waals surface area contributed by atoms with Gasteiger partial charge >= 0.3 is 5.69 Å². The number of aromatic hydroxyl groups is 3. The molecule has 0 aliphatic carbocycles. The molecule has 0 aromatic heterocycles. The van der Waals surface area contributed by atoms with Gasteiger partial charge < -0.3 is 15.3 Å². The first kappa shape index (κ1) is 9.85. The number of benzene rings is 1. The van der Waals surface area contributed by atoms with Gasteiger partial charge in [-0.15, -0.1) is 0 Å². The molecule has 0 fully saturated rings.